The Bertz CT molecular complexity index is 463. The summed E-state index contributed by atoms with van der Waals surface area (Å²) in [7, 11) is 1.63. The second-order valence-corrected chi connectivity index (χ2v) is 4.49. The van der Waals surface area contributed by atoms with Crippen LogP contribution < -0.4 is 16.6 Å². The van der Waals surface area contributed by atoms with Gasteiger partial charge in [0.2, 0.25) is 11.5 Å². The van der Waals surface area contributed by atoms with Crippen LogP contribution in [0.4, 0.5) is 5.69 Å². The minimum Gasteiger partial charge on any atom is -0.323 e. The molecule has 1 aromatic heterocycles. The molecule has 3 N–H and O–H groups in total. The maximum Gasteiger partial charge on any atom is 0.250 e. The third kappa shape index (κ3) is 3.42. The van der Waals surface area contributed by atoms with Crippen LogP contribution in [0.1, 0.15) is 26.7 Å². The van der Waals surface area contributed by atoms with Crippen molar-refractivity contribution in [2.45, 2.75) is 32.2 Å². The predicted octanol–water partition coefficient (Wildman–Crippen LogP) is 0.841. The third-order valence-corrected chi connectivity index (χ3v) is 2.63. The molecule has 0 bridgehead atoms. The van der Waals surface area contributed by atoms with Crippen molar-refractivity contribution < 1.29 is 4.79 Å². The second-order valence-electron chi connectivity index (χ2n) is 4.49. The van der Waals surface area contributed by atoms with Crippen LogP contribution in [0.5, 0.6) is 0 Å². The van der Waals surface area contributed by atoms with Crippen molar-refractivity contribution in [3.05, 3.63) is 28.7 Å². The standard InChI is InChI=1S/C12H19N3O2/c1-4-7-12(2,13)11(17)14-9-5-6-10(16)15(3)8-9/h5-6,8H,4,7,13H2,1-3H3,(H,14,17). The van der Waals surface area contributed by atoms with Gasteiger partial charge in [0.15, 0.2) is 0 Å². The van der Waals surface area contributed by atoms with Crippen LogP contribution in [0, 0.1) is 0 Å². The van der Waals surface area contributed by atoms with E-state index in [9.17, 15) is 9.59 Å². The van der Waals surface area contributed by atoms with Gasteiger partial charge >= 0.3 is 0 Å². The maximum atomic E-state index is 11.9. The lowest BCUT2D eigenvalue weighted by molar-refractivity contribution is -0.120. The summed E-state index contributed by atoms with van der Waals surface area (Å²) in [6, 6.07) is 2.98. The zero-order chi connectivity index (χ0) is 13.1. The molecule has 1 atom stereocenters. The number of nitrogens with two attached hydrogens (primary N) is 1. The van der Waals surface area contributed by atoms with E-state index in [4.69, 9.17) is 5.73 Å². The molecule has 1 amide bonds. The summed E-state index contributed by atoms with van der Waals surface area (Å²) in [6.45, 7) is 3.68. The molecule has 0 radical (unpaired) electrons. The summed E-state index contributed by atoms with van der Waals surface area (Å²) in [5.74, 6) is -0.238. The lowest BCUT2D eigenvalue weighted by Crippen LogP contribution is -2.48. The van der Waals surface area contributed by atoms with E-state index in [2.05, 4.69) is 5.32 Å². The van der Waals surface area contributed by atoms with Crippen molar-refractivity contribution in [1.29, 1.82) is 0 Å². The van der Waals surface area contributed by atoms with Gasteiger partial charge in [0, 0.05) is 19.3 Å². The molecule has 5 heteroatoms. The van der Waals surface area contributed by atoms with Crippen molar-refractivity contribution >= 4 is 11.6 Å². The summed E-state index contributed by atoms with van der Waals surface area (Å²) in [6.07, 6.45) is 3.03. The number of nitrogens with zero attached hydrogens (tertiary/aromatic N) is 1. The molecule has 17 heavy (non-hydrogen) atoms. The molecule has 0 saturated heterocycles. The van der Waals surface area contributed by atoms with Crippen LogP contribution in [-0.4, -0.2) is 16.0 Å². The van der Waals surface area contributed by atoms with Gasteiger partial charge in [0.25, 0.3) is 0 Å². The van der Waals surface area contributed by atoms with Crippen molar-refractivity contribution in [3.63, 3.8) is 0 Å². The van der Waals surface area contributed by atoms with Gasteiger partial charge in [-0.05, 0) is 19.4 Å². The predicted molar refractivity (Wildman–Crippen MR) is 67.8 cm³/mol. The summed E-state index contributed by atoms with van der Waals surface area (Å²) in [5.41, 5.74) is 5.48. The molecule has 0 aromatic carbocycles. The normalized spacial score (nSPS) is 14.1. The van der Waals surface area contributed by atoms with Crippen LogP contribution >= 0.6 is 0 Å². The first-order valence-electron chi connectivity index (χ1n) is 5.64. The average molecular weight is 237 g/mol. The Morgan fingerprint density at radius 2 is 2.18 bits per heavy atom. The molecule has 0 fully saturated rings. The number of aryl methyl sites for hydroxylation is 1. The lowest BCUT2D eigenvalue weighted by atomic mass is 9.96. The number of carbonyl (C=O) groups excluding carboxylic acids is 1. The van der Waals surface area contributed by atoms with Crippen LogP contribution in [0.2, 0.25) is 0 Å². The summed E-state index contributed by atoms with van der Waals surface area (Å²) < 4.78 is 1.41. The van der Waals surface area contributed by atoms with Gasteiger partial charge in [-0.1, -0.05) is 13.3 Å². The van der Waals surface area contributed by atoms with E-state index >= 15 is 0 Å². The highest BCUT2D eigenvalue weighted by molar-refractivity contribution is 5.97. The van der Waals surface area contributed by atoms with E-state index in [1.165, 1.54) is 10.6 Å². The zero-order valence-corrected chi connectivity index (χ0v) is 10.5. The topological polar surface area (TPSA) is 77.1 Å². The molecule has 0 saturated carbocycles. The van der Waals surface area contributed by atoms with E-state index in [-0.39, 0.29) is 11.5 Å². The molecule has 1 unspecified atom stereocenters. The fourth-order valence-corrected chi connectivity index (χ4v) is 1.57. The zero-order valence-electron chi connectivity index (χ0n) is 10.5. The van der Waals surface area contributed by atoms with E-state index in [1.54, 1.807) is 26.2 Å². The fourth-order valence-electron chi connectivity index (χ4n) is 1.57. The van der Waals surface area contributed by atoms with Crippen molar-refractivity contribution in [2.24, 2.45) is 12.8 Å². The van der Waals surface area contributed by atoms with Gasteiger partial charge in [-0.15, -0.1) is 0 Å². The van der Waals surface area contributed by atoms with E-state index in [1.807, 2.05) is 6.92 Å². The van der Waals surface area contributed by atoms with Gasteiger partial charge in [0.1, 0.15) is 0 Å². The Labute approximate surface area is 101 Å². The minimum atomic E-state index is -0.885. The largest absolute Gasteiger partial charge is 0.323 e. The first-order chi connectivity index (χ1) is 7.86. The van der Waals surface area contributed by atoms with Gasteiger partial charge in [0.05, 0.1) is 11.2 Å². The van der Waals surface area contributed by atoms with Crippen LogP contribution in [0.3, 0.4) is 0 Å². The molecule has 0 aliphatic heterocycles. The number of anilines is 1. The summed E-state index contributed by atoms with van der Waals surface area (Å²) in [5, 5.41) is 2.71. The average Bonchev–Trinajstić information content (AvgIpc) is 2.23. The first kappa shape index (κ1) is 13.4. The Morgan fingerprint density at radius 1 is 1.53 bits per heavy atom. The summed E-state index contributed by atoms with van der Waals surface area (Å²) in [4.78, 5) is 23.1. The number of hydrogen-bond donors (Lipinski definition) is 2. The second kappa shape index (κ2) is 5.14. The number of hydrogen-bond acceptors (Lipinski definition) is 3. The molecule has 1 aromatic rings. The van der Waals surface area contributed by atoms with Crippen LogP contribution in [0.25, 0.3) is 0 Å². The Balaban J connectivity index is 2.81. The first-order valence-corrected chi connectivity index (χ1v) is 5.64. The Hall–Kier alpha value is -1.62. The number of aromatic nitrogens is 1. The monoisotopic (exact) mass is 237 g/mol. The maximum absolute atomic E-state index is 11.9. The van der Waals surface area contributed by atoms with Crippen molar-refractivity contribution in [3.8, 4) is 0 Å². The molecule has 94 valence electrons. The fraction of sp³-hybridized carbons (Fsp3) is 0.500. The number of pyridine rings is 1. The molecule has 0 aliphatic rings. The highest BCUT2D eigenvalue weighted by Gasteiger charge is 2.27. The Kier molecular flexibility index (Phi) is 4.07. The molecular weight excluding hydrogens is 218 g/mol. The third-order valence-electron chi connectivity index (χ3n) is 2.63. The number of rotatable bonds is 4. The van der Waals surface area contributed by atoms with Crippen molar-refractivity contribution in [1.82, 2.24) is 4.57 Å². The highest BCUT2D eigenvalue weighted by atomic mass is 16.2. The number of nitrogens with one attached hydrogen (secondary N) is 1. The van der Waals surface area contributed by atoms with Crippen LogP contribution in [0.15, 0.2) is 23.1 Å². The molecule has 0 aliphatic carbocycles. The molecule has 1 heterocycles. The van der Waals surface area contributed by atoms with Gasteiger partial charge < -0.3 is 15.6 Å². The quantitative estimate of drug-likeness (QED) is 0.814. The van der Waals surface area contributed by atoms with E-state index in [0.29, 0.717) is 12.1 Å². The SMILES string of the molecule is CCCC(C)(N)C(=O)Nc1ccc(=O)n(C)c1. The van der Waals surface area contributed by atoms with Gasteiger partial charge in [-0.25, -0.2) is 0 Å². The lowest BCUT2D eigenvalue weighted by Gasteiger charge is -2.22. The van der Waals surface area contributed by atoms with E-state index < -0.39 is 5.54 Å². The van der Waals surface area contributed by atoms with Crippen molar-refractivity contribution in [2.75, 3.05) is 5.32 Å². The molecule has 1 rings (SSSR count). The Morgan fingerprint density at radius 3 is 2.71 bits per heavy atom. The molecule has 0 spiro atoms. The minimum absolute atomic E-state index is 0.118. The smallest absolute Gasteiger partial charge is 0.250 e. The van der Waals surface area contributed by atoms with Gasteiger partial charge in [-0.3, -0.25) is 9.59 Å². The molecular formula is C12H19N3O2. The van der Waals surface area contributed by atoms with Gasteiger partial charge in [-0.2, -0.15) is 0 Å². The van der Waals surface area contributed by atoms with Crippen LogP contribution in [-0.2, 0) is 11.8 Å². The van der Waals surface area contributed by atoms with E-state index in [0.717, 1.165) is 6.42 Å². The number of carbonyl (C=O) groups is 1. The number of amides is 1. The molecule has 5 nitrogen and oxygen atoms in total. The summed E-state index contributed by atoms with van der Waals surface area (Å²) >= 11 is 0. The highest BCUT2D eigenvalue weighted by Crippen LogP contribution is 2.12.